The molecule has 0 aromatic heterocycles. The van der Waals surface area contributed by atoms with Crippen LogP contribution in [0.4, 0.5) is 0 Å². The van der Waals surface area contributed by atoms with Gasteiger partial charge in [-0.25, -0.2) is 0 Å². The van der Waals surface area contributed by atoms with Crippen molar-refractivity contribution in [3.8, 4) is 5.75 Å². The van der Waals surface area contributed by atoms with E-state index in [2.05, 4.69) is 31.3 Å². The number of hydrogen-bond acceptors (Lipinski definition) is 3. The number of benzene rings is 2. The zero-order valence-corrected chi connectivity index (χ0v) is 15.8. The van der Waals surface area contributed by atoms with Gasteiger partial charge >= 0.3 is 0 Å². The molecule has 4 heteroatoms. The summed E-state index contributed by atoms with van der Waals surface area (Å²) in [5.41, 5.74) is 2.33. The van der Waals surface area contributed by atoms with Gasteiger partial charge in [0.05, 0.1) is 13.2 Å². The lowest BCUT2D eigenvalue weighted by molar-refractivity contribution is -0.130. The van der Waals surface area contributed by atoms with Crippen molar-refractivity contribution < 1.29 is 9.53 Å². The molecule has 1 aliphatic rings. The number of nitrogens with zero attached hydrogens (tertiary/aromatic N) is 1. The lowest BCUT2D eigenvalue weighted by Gasteiger charge is -2.21. The molecule has 0 spiro atoms. The summed E-state index contributed by atoms with van der Waals surface area (Å²) in [6, 6.07) is 18.1. The van der Waals surface area contributed by atoms with Crippen molar-refractivity contribution in [1.82, 2.24) is 10.2 Å². The van der Waals surface area contributed by atoms with Crippen LogP contribution in [-0.4, -0.2) is 30.5 Å². The van der Waals surface area contributed by atoms with Crippen LogP contribution in [0, 0.1) is 11.8 Å². The highest BCUT2D eigenvalue weighted by Crippen LogP contribution is 2.27. The summed E-state index contributed by atoms with van der Waals surface area (Å²) in [5.74, 6) is 1.82. The summed E-state index contributed by atoms with van der Waals surface area (Å²) in [4.78, 5) is 15.0. The van der Waals surface area contributed by atoms with Crippen molar-refractivity contribution in [2.45, 2.75) is 33.0 Å². The Kier molecular flexibility index (Phi) is 5.94. The van der Waals surface area contributed by atoms with E-state index in [0.29, 0.717) is 18.4 Å². The van der Waals surface area contributed by atoms with Crippen LogP contribution >= 0.6 is 0 Å². The smallest absolute Gasteiger partial charge is 0.240 e. The maximum atomic E-state index is 13.0. The van der Waals surface area contributed by atoms with E-state index in [1.54, 1.807) is 7.11 Å². The zero-order valence-electron chi connectivity index (χ0n) is 15.8. The van der Waals surface area contributed by atoms with E-state index in [1.165, 1.54) is 5.56 Å². The van der Waals surface area contributed by atoms with Crippen LogP contribution in [0.1, 0.15) is 25.0 Å². The zero-order chi connectivity index (χ0) is 18.5. The van der Waals surface area contributed by atoms with Gasteiger partial charge in [-0.05, 0) is 29.2 Å². The van der Waals surface area contributed by atoms with Gasteiger partial charge < -0.3 is 15.0 Å². The monoisotopic (exact) mass is 352 g/mol. The number of carbonyl (C=O) groups excluding carboxylic acids is 1. The molecule has 138 valence electrons. The summed E-state index contributed by atoms with van der Waals surface area (Å²) in [7, 11) is 1.66. The third-order valence-corrected chi connectivity index (χ3v) is 5.19. The van der Waals surface area contributed by atoms with Crippen molar-refractivity contribution in [1.29, 1.82) is 0 Å². The van der Waals surface area contributed by atoms with Gasteiger partial charge in [-0.3, -0.25) is 4.79 Å². The number of ether oxygens (including phenoxy) is 1. The fourth-order valence-corrected chi connectivity index (χ4v) is 3.58. The highest BCUT2D eigenvalue weighted by molar-refractivity contribution is 5.84. The quantitative estimate of drug-likeness (QED) is 0.830. The van der Waals surface area contributed by atoms with Crippen LogP contribution < -0.4 is 10.1 Å². The first-order valence-corrected chi connectivity index (χ1v) is 9.27. The van der Waals surface area contributed by atoms with E-state index in [4.69, 9.17) is 4.74 Å². The van der Waals surface area contributed by atoms with Crippen LogP contribution in [0.3, 0.4) is 0 Å². The van der Waals surface area contributed by atoms with Crippen LogP contribution in [0.15, 0.2) is 54.6 Å². The number of likely N-dealkylation sites (tertiary alicyclic amines) is 1. The van der Waals surface area contributed by atoms with Gasteiger partial charge in [0.1, 0.15) is 5.75 Å². The molecule has 0 bridgehead atoms. The van der Waals surface area contributed by atoms with E-state index in [-0.39, 0.29) is 11.9 Å². The van der Waals surface area contributed by atoms with Crippen molar-refractivity contribution >= 4 is 5.91 Å². The van der Waals surface area contributed by atoms with Crippen molar-refractivity contribution in [3.63, 3.8) is 0 Å². The molecule has 0 saturated carbocycles. The third-order valence-electron chi connectivity index (χ3n) is 5.19. The van der Waals surface area contributed by atoms with Crippen molar-refractivity contribution in [2.75, 3.05) is 13.7 Å². The lowest BCUT2D eigenvalue weighted by atomic mass is 9.91. The van der Waals surface area contributed by atoms with E-state index < -0.39 is 0 Å². The Morgan fingerprint density at radius 2 is 1.77 bits per heavy atom. The second-order valence-corrected chi connectivity index (χ2v) is 7.32. The predicted molar refractivity (Wildman–Crippen MR) is 104 cm³/mol. The third kappa shape index (κ3) is 4.25. The molecule has 26 heavy (non-hydrogen) atoms. The molecule has 3 rings (SSSR count). The Morgan fingerprint density at radius 1 is 1.08 bits per heavy atom. The molecule has 1 amide bonds. The molecular formula is C22H28N2O2. The Bertz CT molecular complexity index is 713. The first-order valence-electron chi connectivity index (χ1n) is 9.27. The summed E-state index contributed by atoms with van der Waals surface area (Å²) in [6.45, 7) is 6.57. The minimum atomic E-state index is -0.117. The van der Waals surface area contributed by atoms with Crippen LogP contribution in [0.5, 0.6) is 5.75 Å². The summed E-state index contributed by atoms with van der Waals surface area (Å²) in [5, 5.41) is 3.50. The van der Waals surface area contributed by atoms with Gasteiger partial charge in [-0.15, -0.1) is 0 Å². The number of rotatable bonds is 7. The first kappa shape index (κ1) is 18.5. The largest absolute Gasteiger partial charge is 0.497 e. The van der Waals surface area contributed by atoms with E-state index in [9.17, 15) is 4.79 Å². The molecule has 1 aliphatic heterocycles. The number of carbonyl (C=O) groups is 1. The average Bonchev–Trinajstić information content (AvgIpc) is 2.97. The fraction of sp³-hybridized carbons (Fsp3) is 0.409. The minimum absolute atomic E-state index is 0.117. The minimum Gasteiger partial charge on any atom is -0.497 e. The van der Waals surface area contributed by atoms with Gasteiger partial charge in [0.15, 0.2) is 0 Å². The standard InChI is InChI=1S/C22H28N2O2/c1-16(2)20-15-24(14-18-9-11-19(26-3)12-10-18)22(25)21(20)23-13-17-7-5-4-6-8-17/h4-12,16,20-21,23H,13-15H2,1-3H3/t20-,21-/m1/s1. The van der Waals surface area contributed by atoms with Crippen LogP contribution in [0.25, 0.3) is 0 Å². The number of amides is 1. The molecule has 0 radical (unpaired) electrons. The predicted octanol–water partition coefficient (Wildman–Crippen LogP) is 3.47. The molecule has 0 unspecified atom stereocenters. The molecule has 1 fully saturated rings. The molecule has 1 N–H and O–H groups in total. The highest BCUT2D eigenvalue weighted by Gasteiger charge is 2.41. The van der Waals surface area contributed by atoms with E-state index in [0.717, 1.165) is 24.4 Å². The van der Waals surface area contributed by atoms with E-state index in [1.807, 2.05) is 47.4 Å². The second kappa shape index (κ2) is 8.37. The summed E-state index contributed by atoms with van der Waals surface area (Å²) in [6.07, 6.45) is 0. The van der Waals surface area contributed by atoms with Crippen LogP contribution in [-0.2, 0) is 17.9 Å². The van der Waals surface area contributed by atoms with Gasteiger partial charge in [-0.1, -0.05) is 56.3 Å². The van der Waals surface area contributed by atoms with Gasteiger partial charge in [0, 0.05) is 25.6 Å². The SMILES string of the molecule is COc1ccc(CN2C[C@H](C(C)C)[C@@H](NCc3ccccc3)C2=O)cc1. The molecule has 1 heterocycles. The maximum Gasteiger partial charge on any atom is 0.240 e. The highest BCUT2D eigenvalue weighted by atomic mass is 16.5. The summed E-state index contributed by atoms with van der Waals surface area (Å²) >= 11 is 0. The Morgan fingerprint density at radius 3 is 2.38 bits per heavy atom. The normalized spacial score (nSPS) is 20.0. The molecule has 2 atom stereocenters. The number of methoxy groups -OCH3 is 1. The second-order valence-electron chi connectivity index (χ2n) is 7.32. The van der Waals surface area contributed by atoms with Crippen molar-refractivity contribution in [3.05, 3.63) is 65.7 Å². The average molecular weight is 352 g/mol. The fourth-order valence-electron chi connectivity index (χ4n) is 3.58. The maximum absolute atomic E-state index is 13.0. The molecule has 4 nitrogen and oxygen atoms in total. The Hall–Kier alpha value is -2.33. The topological polar surface area (TPSA) is 41.6 Å². The Balaban J connectivity index is 1.67. The first-order chi connectivity index (χ1) is 12.6. The molecule has 2 aromatic rings. The molecule has 0 aliphatic carbocycles. The van der Waals surface area contributed by atoms with Gasteiger partial charge in [0.25, 0.3) is 0 Å². The summed E-state index contributed by atoms with van der Waals surface area (Å²) < 4.78 is 5.21. The lowest BCUT2D eigenvalue weighted by Crippen LogP contribution is -2.41. The molecule has 1 saturated heterocycles. The molecular weight excluding hydrogens is 324 g/mol. The number of nitrogens with one attached hydrogen (secondary N) is 1. The van der Waals surface area contributed by atoms with E-state index >= 15 is 0 Å². The number of hydrogen-bond donors (Lipinski definition) is 1. The van der Waals surface area contributed by atoms with Gasteiger partial charge in [0.2, 0.25) is 5.91 Å². The van der Waals surface area contributed by atoms with Crippen LogP contribution in [0.2, 0.25) is 0 Å². The van der Waals surface area contributed by atoms with Crippen molar-refractivity contribution in [2.24, 2.45) is 11.8 Å². The van der Waals surface area contributed by atoms with Gasteiger partial charge in [-0.2, -0.15) is 0 Å². The molecule has 2 aromatic carbocycles. The Labute approximate surface area is 156 Å².